The number of nitrogens with two attached hydrogens (primary N) is 1. The van der Waals surface area contributed by atoms with Gasteiger partial charge in [0, 0.05) is 13.1 Å². The maximum Gasteiger partial charge on any atom is 0.155 e. The van der Waals surface area contributed by atoms with Crippen LogP contribution in [0, 0.1) is 11.8 Å². The summed E-state index contributed by atoms with van der Waals surface area (Å²) in [4.78, 5) is 10.4. The van der Waals surface area contributed by atoms with Crippen molar-refractivity contribution < 1.29 is 0 Å². The van der Waals surface area contributed by atoms with Crippen molar-refractivity contribution in [3.63, 3.8) is 0 Å². The summed E-state index contributed by atoms with van der Waals surface area (Å²) in [7, 11) is 0. The molecular weight excluding hydrogens is 188 g/mol. The molecule has 0 aromatic carbocycles. The summed E-state index contributed by atoms with van der Waals surface area (Å²) in [6, 6.07) is 0. The Kier molecular flexibility index (Phi) is 2.75. The summed E-state index contributed by atoms with van der Waals surface area (Å²) in [5.74, 6) is 2.39. The summed E-state index contributed by atoms with van der Waals surface area (Å²) in [6.07, 6.45) is 4.45. The zero-order chi connectivity index (χ0) is 10.8. The van der Waals surface area contributed by atoms with Gasteiger partial charge in [-0.2, -0.15) is 0 Å². The molecule has 2 atom stereocenters. The molecule has 0 radical (unpaired) electrons. The molecule has 2 heterocycles. The number of nitrogens with zero attached hydrogens (tertiary/aromatic N) is 3. The topological polar surface area (TPSA) is 55.0 Å². The van der Waals surface area contributed by atoms with E-state index in [2.05, 4.69) is 28.7 Å². The molecule has 0 amide bonds. The SMILES string of the molecule is CC1CCN(c2ncncc2N)CC1C. The molecule has 1 fully saturated rings. The first-order chi connectivity index (χ1) is 7.18. The molecule has 2 rings (SSSR count). The normalized spacial score (nSPS) is 26.7. The summed E-state index contributed by atoms with van der Waals surface area (Å²) in [5.41, 5.74) is 6.54. The fourth-order valence-corrected chi connectivity index (χ4v) is 2.05. The van der Waals surface area contributed by atoms with Crippen molar-refractivity contribution in [2.45, 2.75) is 20.3 Å². The van der Waals surface area contributed by atoms with Crippen LogP contribution in [0.25, 0.3) is 0 Å². The van der Waals surface area contributed by atoms with Crippen LogP contribution in [0.1, 0.15) is 20.3 Å². The molecule has 1 aliphatic rings. The third-order valence-electron chi connectivity index (χ3n) is 3.35. The minimum absolute atomic E-state index is 0.680. The van der Waals surface area contributed by atoms with Gasteiger partial charge in [-0.3, -0.25) is 0 Å². The standard InChI is InChI=1S/C11H18N4/c1-8-3-4-15(6-9(8)2)11-10(12)5-13-7-14-11/h5,7-9H,3-4,6,12H2,1-2H3. The van der Waals surface area contributed by atoms with Crippen LogP contribution in [-0.2, 0) is 0 Å². The molecule has 0 saturated carbocycles. The fraction of sp³-hybridized carbons (Fsp3) is 0.636. The van der Waals surface area contributed by atoms with E-state index >= 15 is 0 Å². The number of nitrogen functional groups attached to an aromatic ring is 1. The van der Waals surface area contributed by atoms with Crippen LogP contribution in [0.3, 0.4) is 0 Å². The Balaban J connectivity index is 2.15. The third kappa shape index (κ3) is 2.03. The Bertz CT molecular complexity index is 339. The van der Waals surface area contributed by atoms with Crippen LogP contribution in [0.15, 0.2) is 12.5 Å². The van der Waals surface area contributed by atoms with Gasteiger partial charge in [0.1, 0.15) is 6.33 Å². The molecule has 1 aromatic heterocycles. The summed E-state index contributed by atoms with van der Waals surface area (Å²) in [6.45, 7) is 6.69. The van der Waals surface area contributed by atoms with Gasteiger partial charge in [0.25, 0.3) is 0 Å². The Hall–Kier alpha value is -1.32. The van der Waals surface area contributed by atoms with E-state index in [9.17, 15) is 0 Å². The van der Waals surface area contributed by atoms with Crippen LogP contribution >= 0.6 is 0 Å². The molecular formula is C11H18N4. The molecule has 82 valence electrons. The summed E-state index contributed by atoms with van der Waals surface area (Å²) < 4.78 is 0. The first-order valence-electron chi connectivity index (χ1n) is 5.49. The van der Waals surface area contributed by atoms with Crippen molar-refractivity contribution in [3.05, 3.63) is 12.5 Å². The first-order valence-corrected chi connectivity index (χ1v) is 5.49. The molecule has 2 N–H and O–H groups in total. The largest absolute Gasteiger partial charge is 0.394 e. The van der Waals surface area contributed by atoms with Gasteiger partial charge < -0.3 is 10.6 Å². The second-order valence-corrected chi connectivity index (χ2v) is 4.49. The molecule has 15 heavy (non-hydrogen) atoms. The lowest BCUT2D eigenvalue weighted by atomic mass is 9.89. The van der Waals surface area contributed by atoms with Crippen LogP contribution in [0.2, 0.25) is 0 Å². The summed E-state index contributed by atoms with van der Waals surface area (Å²) in [5, 5.41) is 0. The predicted octanol–water partition coefficient (Wildman–Crippen LogP) is 1.54. The molecule has 1 aromatic rings. The molecule has 4 nitrogen and oxygen atoms in total. The van der Waals surface area contributed by atoms with Crippen molar-refractivity contribution in [1.82, 2.24) is 9.97 Å². The minimum Gasteiger partial charge on any atom is -0.394 e. The van der Waals surface area contributed by atoms with E-state index in [-0.39, 0.29) is 0 Å². The first kappa shape index (κ1) is 10.2. The molecule has 1 aliphatic heterocycles. The average molecular weight is 206 g/mol. The molecule has 0 aliphatic carbocycles. The second-order valence-electron chi connectivity index (χ2n) is 4.49. The van der Waals surface area contributed by atoms with E-state index in [4.69, 9.17) is 5.73 Å². The zero-order valence-corrected chi connectivity index (χ0v) is 9.35. The van der Waals surface area contributed by atoms with E-state index in [0.717, 1.165) is 24.8 Å². The lowest BCUT2D eigenvalue weighted by molar-refractivity contribution is 0.323. The summed E-state index contributed by atoms with van der Waals surface area (Å²) >= 11 is 0. The van der Waals surface area contributed by atoms with Crippen molar-refractivity contribution in [3.8, 4) is 0 Å². The molecule has 0 bridgehead atoms. The number of anilines is 2. The van der Waals surface area contributed by atoms with Crippen LogP contribution < -0.4 is 10.6 Å². The smallest absolute Gasteiger partial charge is 0.155 e. The van der Waals surface area contributed by atoms with Crippen molar-refractivity contribution in [2.75, 3.05) is 23.7 Å². The number of aromatic nitrogens is 2. The van der Waals surface area contributed by atoms with E-state index in [1.807, 2.05) is 0 Å². The predicted molar refractivity (Wildman–Crippen MR) is 61.6 cm³/mol. The van der Waals surface area contributed by atoms with Crippen molar-refractivity contribution in [1.29, 1.82) is 0 Å². The number of hydrogen-bond donors (Lipinski definition) is 1. The molecule has 2 unspecified atom stereocenters. The van der Waals surface area contributed by atoms with E-state index in [1.54, 1.807) is 12.5 Å². The van der Waals surface area contributed by atoms with Gasteiger partial charge in [0.2, 0.25) is 0 Å². The highest BCUT2D eigenvalue weighted by molar-refractivity contribution is 5.61. The van der Waals surface area contributed by atoms with Gasteiger partial charge in [-0.1, -0.05) is 13.8 Å². The van der Waals surface area contributed by atoms with Gasteiger partial charge in [0.05, 0.1) is 11.9 Å². The van der Waals surface area contributed by atoms with E-state index < -0.39 is 0 Å². The fourth-order valence-electron chi connectivity index (χ4n) is 2.05. The lowest BCUT2D eigenvalue weighted by Crippen LogP contribution is -2.39. The number of rotatable bonds is 1. The van der Waals surface area contributed by atoms with E-state index in [0.29, 0.717) is 11.6 Å². The minimum atomic E-state index is 0.680. The van der Waals surface area contributed by atoms with E-state index in [1.165, 1.54) is 6.42 Å². The highest BCUT2D eigenvalue weighted by Gasteiger charge is 2.24. The Morgan fingerprint density at radius 1 is 1.40 bits per heavy atom. The zero-order valence-electron chi connectivity index (χ0n) is 9.35. The Morgan fingerprint density at radius 2 is 2.20 bits per heavy atom. The van der Waals surface area contributed by atoms with Crippen molar-refractivity contribution >= 4 is 11.5 Å². The number of hydrogen-bond acceptors (Lipinski definition) is 4. The Morgan fingerprint density at radius 3 is 2.87 bits per heavy atom. The van der Waals surface area contributed by atoms with Gasteiger partial charge in [-0.15, -0.1) is 0 Å². The highest BCUT2D eigenvalue weighted by Crippen LogP contribution is 2.28. The lowest BCUT2D eigenvalue weighted by Gasteiger charge is -2.36. The van der Waals surface area contributed by atoms with Gasteiger partial charge in [0.15, 0.2) is 5.82 Å². The second kappa shape index (κ2) is 4.04. The third-order valence-corrected chi connectivity index (χ3v) is 3.35. The van der Waals surface area contributed by atoms with Crippen LogP contribution in [0.4, 0.5) is 11.5 Å². The van der Waals surface area contributed by atoms with Crippen LogP contribution in [0.5, 0.6) is 0 Å². The van der Waals surface area contributed by atoms with Crippen LogP contribution in [-0.4, -0.2) is 23.1 Å². The maximum absolute atomic E-state index is 5.86. The van der Waals surface area contributed by atoms with Gasteiger partial charge in [-0.25, -0.2) is 9.97 Å². The van der Waals surface area contributed by atoms with Crippen molar-refractivity contribution in [2.24, 2.45) is 11.8 Å². The molecule has 0 spiro atoms. The number of piperidine rings is 1. The van der Waals surface area contributed by atoms with Gasteiger partial charge in [-0.05, 0) is 18.3 Å². The maximum atomic E-state index is 5.86. The molecule has 1 saturated heterocycles. The highest BCUT2D eigenvalue weighted by atomic mass is 15.2. The van der Waals surface area contributed by atoms with Gasteiger partial charge >= 0.3 is 0 Å². The monoisotopic (exact) mass is 206 g/mol. The Labute approximate surface area is 90.5 Å². The quantitative estimate of drug-likeness (QED) is 0.757. The molecule has 4 heteroatoms. The average Bonchev–Trinajstić information content (AvgIpc) is 2.23.